The Morgan fingerprint density at radius 2 is 1.54 bits per heavy atom. The first kappa shape index (κ1) is 12.6. The van der Waals surface area contributed by atoms with Crippen molar-refractivity contribution in [3.8, 4) is 0 Å². The molecule has 0 unspecified atom stereocenters. The van der Waals surface area contributed by atoms with Crippen LogP contribution in [0.2, 0.25) is 15.1 Å². The Kier molecular flexibility index (Phi) is 5.88. The van der Waals surface area contributed by atoms with Gasteiger partial charge in [0.05, 0.1) is 15.1 Å². The monoisotopic (exact) mass is 240 g/mol. The Morgan fingerprint density at radius 1 is 1.23 bits per heavy atom. The van der Waals surface area contributed by atoms with E-state index >= 15 is 0 Å². The van der Waals surface area contributed by atoms with Gasteiger partial charge in [-0.15, -0.1) is 0 Å². The molecular formula is C8H7Cl3O2. The Labute approximate surface area is 91.0 Å². The molecule has 5 heteroatoms. The lowest BCUT2D eigenvalue weighted by Crippen LogP contribution is -1.78. The average molecular weight is 242 g/mol. The van der Waals surface area contributed by atoms with Gasteiger partial charge in [-0.05, 0) is 12.1 Å². The zero-order valence-corrected chi connectivity index (χ0v) is 8.99. The van der Waals surface area contributed by atoms with Crippen molar-refractivity contribution in [2.24, 2.45) is 0 Å². The maximum Gasteiger partial charge on any atom is 0.300 e. The van der Waals surface area contributed by atoms with Crippen molar-refractivity contribution in [3.63, 3.8) is 0 Å². The van der Waals surface area contributed by atoms with Crippen molar-refractivity contribution in [1.82, 2.24) is 0 Å². The van der Waals surface area contributed by atoms with Crippen molar-refractivity contribution in [2.75, 3.05) is 0 Å². The lowest BCUT2D eigenvalue weighted by molar-refractivity contribution is -0.134. The Morgan fingerprint density at radius 3 is 1.77 bits per heavy atom. The van der Waals surface area contributed by atoms with Gasteiger partial charge in [0.2, 0.25) is 0 Å². The van der Waals surface area contributed by atoms with Gasteiger partial charge in [0.1, 0.15) is 0 Å². The molecule has 0 heterocycles. The van der Waals surface area contributed by atoms with Crippen molar-refractivity contribution in [1.29, 1.82) is 0 Å². The molecule has 0 aliphatic rings. The van der Waals surface area contributed by atoms with Gasteiger partial charge in [0.25, 0.3) is 5.97 Å². The Hall–Kier alpha value is -0.440. The summed E-state index contributed by atoms with van der Waals surface area (Å²) in [5.74, 6) is -0.833. The van der Waals surface area contributed by atoms with Crippen molar-refractivity contribution < 1.29 is 9.90 Å². The lowest BCUT2D eigenvalue weighted by atomic mass is 10.4. The minimum Gasteiger partial charge on any atom is -0.481 e. The van der Waals surface area contributed by atoms with Crippen LogP contribution < -0.4 is 0 Å². The van der Waals surface area contributed by atoms with Gasteiger partial charge in [0, 0.05) is 6.92 Å². The van der Waals surface area contributed by atoms with Crippen molar-refractivity contribution in [3.05, 3.63) is 33.3 Å². The molecule has 0 spiro atoms. The maximum absolute atomic E-state index is 9.00. The van der Waals surface area contributed by atoms with Gasteiger partial charge in [-0.2, -0.15) is 0 Å². The molecule has 0 amide bonds. The van der Waals surface area contributed by atoms with E-state index in [4.69, 9.17) is 44.7 Å². The summed E-state index contributed by atoms with van der Waals surface area (Å²) in [4.78, 5) is 9.00. The van der Waals surface area contributed by atoms with Crippen molar-refractivity contribution in [2.45, 2.75) is 6.92 Å². The van der Waals surface area contributed by atoms with E-state index in [1.165, 1.54) is 0 Å². The number of carbonyl (C=O) groups is 1. The van der Waals surface area contributed by atoms with Gasteiger partial charge in [-0.1, -0.05) is 40.9 Å². The molecular weight excluding hydrogens is 234 g/mol. The van der Waals surface area contributed by atoms with E-state index in [2.05, 4.69) is 0 Å². The van der Waals surface area contributed by atoms with Gasteiger partial charge in [0.15, 0.2) is 0 Å². The van der Waals surface area contributed by atoms with Crippen LogP contribution in [0.25, 0.3) is 0 Å². The highest BCUT2D eigenvalue weighted by Crippen LogP contribution is 2.28. The quantitative estimate of drug-likeness (QED) is 0.703. The Balaban J connectivity index is 0.000000310. The van der Waals surface area contributed by atoms with E-state index in [0.29, 0.717) is 15.1 Å². The van der Waals surface area contributed by atoms with Gasteiger partial charge in [-0.3, -0.25) is 4.79 Å². The van der Waals surface area contributed by atoms with Crippen LogP contribution in [0.15, 0.2) is 18.2 Å². The van der Waals surface area contributed by atoms with E-state index in [1.807, 2.05) is 0 Å². The molecule has 13 heavy (non-hydrogen) atoms. The fourth-order valence-corrected chi connectivity index (χ4v) is 1.00. The van der Waals surface area contributed by atoms with E-state index in [9.17, 15) is 0 Å². The number of halogens is 3. The number of rotatable bonds is 0. The summed E-state index contributed by atoms with van der Waals surface area (Å²) < 4.78 is 0. The highest BCUT2D eigenvalue weighted by Gasteiger charge is 1.98. The van der Waals surface area contributed by atoms with Crippen LogP contribution in [-0.4, -0.2) is 11.1 Å². The van der Waals surface area contributed by atoms with Crippen LogP contribution in [-0.2, 0) is 4.79 Å². The third kappa shape index (κ3) is 5.75. The maximum atomic E-state index is 9.00. The fraction of sp³-hybridized carbons (Fsp3) is 0.125. The molecule has 2 nitrogen and oxygen atoms in total. The molecule has 1 rings (SSSR count). The summed E-state index contributed by atoms with van der Waals surface area (Å²) in [7, 11) is 0. The molecule has 72 valence electrons. The van der Waals surface area contributed by atoms with Gasteiger partial charge >= 0.3 is 0 Å². The van der Waals surface area contributed by atoms with Crippen LogP contribution in [0, 0.1) is 0 Å². The summed E-state index contributed by atoms with van der Waals surface area (Å²) in [6.07, 6.45) is 0. The van der Waals surface area contributed by atoms with Crippen LogP contribution in [0.1, 0.15) is 6.92 Å². The Bertz CT molecular complexity index is 275. The number of benzene rings is 1. The molecule has 1 aromatic rings. The molecule has 0 aliphatic carbocycles. The van der Waals surface area contributed by atoms with Crippen LogP contribution in [0.4, 0.5) is 0 Å². The van der Waals surface area contributed by atoms with Crippen LogP contribution in [0.5, 0.6) is 0 Å². The predicted molar refractivity (Wildman–Crippen MR) is 54.8 cm³/mol. The average Bonchev–Trinajstić information content (AvgIpc) is 1.99. The second-order valence-electron chi connectivity index (χ2n) is 2.05. The molecule has 0 radical (unpaired) electrons. The molecule has 1 N–H and O–H groups in total. The summed E-state index contributed by atoms with van der Waals surface area (Å²) in [5.41, 5.74) is 0. The summed E-state index contributed by atoms with van der Waals surface area (Å²) in [5, 5.41) is 8.81. The number of hydrogen-bond donors (Lipinski definition) is 1. The fourth-order valence-electron chi connectivity index (χ4n) is 0.477. The minimum atomic E-state index is -0.833. The second kappa shape index (κ2) is 6.08. The van der Waals surface area contributed by atoms with Crippen LogP contribution >= 0.6 is 34.8 Å². The molecule has 0 aromatic heterocycles. The van der Waals surface area contributed by atoms with Crippen LogP contribution in [0.3, 0.4) is 0 Å². The zero-order valence-electron chi connectivity index (χ0n) is 6.72. The molecule has 0 saturated carbocycles. The first-order valence-electron chi connectivity index (χ1n) is 3.24. The first-order chi connectivity index (χ1) is 5.95. The van der Waals surface area contributed by atoms with Gasteiger partial charge < -0.3 is 5.11 Å². The van der Waals surface area contributed by atoms with E-state index in [1.54, 1.807) is 18.2 Å². The van der Waals surface area contributed by atoms with Crippen molar-refractivity contribution >= 4 is 40.8 Å². The summed E-state index contributed by atoms with van der Waals surface area (Å²) in [6.45, 7) is 1.08. The molecule has 0 saturated heterocycles. The highest BCUT2D eigenvalue weighted by molar-refractivity contribution is 6.47. The largest absolute Gasteiger partial charge is 0.481 e. The SMILES string of the molecule is CC(=O)O.Clc1cccc(Cl)c1Cl. The number of carboxylic acid groups (broad SMARTS) is 1. The minimum absolute atomic E-state index is 0.417. The van der Waals surface area contributed by atoms with Gasteiger partial charge in [-0.25, -0.2) is 0 Å². The lowest BCUT2D eigenvalue weighted by Gasteiger charge is -1.94. The highest BCUT2D eigenvalue weighted by atomic mass is 35.5. The third-order valence-electron chi connectivity index (χ3n) is 0.904. The van der Waals surface area contributed by atoms with E-state index < -0.39 is 5.97 Å². The molecule has 0 bridgehead atoms. The molecule has 0 aliphatic heterocycles. The number of carboxylic acids is 1. The molecule has 0 fully saturated rings. The zero-order chi connectivity index (χ0) is 10.4. The third-order valence-corrected chi connectivity index (χ3v) is 2.14. The normalized spacial score (nSPS) is 8.62. The first-order valence-corrected chi connectivity index (χ1v) is 4.37. The second-order valence-corrected chi connectivity index (χ2v) is 3.25. The standard InChI is InChI=1S/C6H3Cl3.C2H4O2/c7-4-2-1-3-5(8)6(4)9;1-2(3)4/h1-3H;1H3,(H,3,4). The number of hydrogen-bond acceptors (Lipinski definition) is 1. The molecule has 0 atom stereocenters. The molecule has 1 aromatic carbocycles. The summed E-state index contributed by atoms with van der Waals surface area (Å²) in [6, 6.07) is 5.13. The smallest absolute Gasteiger partial charge is 0.300 e. The predicted octanol–water partition coefficient (Wildman–Crippen LogP) is 3.74. The summed E-state index contributed by atoms with van der Waals surface area (Å²) >= 11 is 16.8. The number of aliphatic carboxylic acids is 1. The van der Waals surface area contributed by atoms with E-state index in [-0.39, 0.29) is 0 Å². The topological polar surface area (TPSA) is 37.3 Å². The van der Waals surface area contributed by atoms with E-state index in [0.717, 1.165) is 6.92 Å².